The van der Waals surface area contributed by atoms with Crippen LogP contribution in [0.15, 0.2) is 24.3 Å². The number of nitrogens with one attached hydrogen (secondary N) is 1. The quantitative estimate of drug-likeness (QED) is 0.877. The summed E-state index contributed by atoms with van der Waals surface area (Å²) in [6.45, 7) is 4.41. The lowest BCUT2D eigenvalue weighted by atomic mass is 9.96. The van der Waals surface area contributed by atoms with Crippen molar-refractivity contribution in [1.29, 1.82) is 0 Å². The molecule has 1 atom stereocenters. The Bertz CT molecular complexity index is 430. The van der Waals surface area contributed by atoms with Gasteiger partial charge in [-0.25, -0.2) is 0 Å². The minimum absolute atomic E-state index is 0. The highest BCUT2D eigenvalue weighted by molar-refractivity contribution is 5.85. The molecule has 1 aromatic carbocycles. The van der Waals surface area contributed by atoms with Gasteiger partial charge in [-0.05, 0) is 37.7 Å². The van der Waals surface area contributed by atoms with Gasteiger partial charge in [-0.2, -0.15) is 0 Å². The fraction of sp³-hybridized carbons (Fsp3) is 0.562. The lowest BCUT2D eigenvalue weighted by Crippen LogP contribution is -2.35. The molecule has 4 nitrogen and oxygen atoms in total. The van der Waals surface area contributed by atoms with Crippen molar-refractivity contribution in [2.45, 2.75) is 32.2 Å². The number of carbonyl (C=O) groups excluding carboxylic acids is 1. The zero-order chi connectivity index (χ0) is 14.4. The second kappa shape index (κ2) is 9.03. The van der Waals surface area contributed by atoms with Gasteiger partial charge in [-0.1, -0.05) is 29.8 Å². The molecule has 2 rings (SSSR count). The molecular weight excluding hydrogens is 288 g/mol. The van der Waals surface area contributed by atoms with Crippen LogP contribution in [0.5, 0.6) is 0 Å². The van der Waals surface area contributed by atoms with E-state index in [1.807, 2.05) is 31.2 Å². The first-order valence-corrected chi connectivity index (χ1v) is 7.34. The van der Waals surface area contributed by atoms with Crippen LogP contribution in [0, 0.1) is 12.8 Å². The van der Waals surface area contributed by atoms with E-state index in [0.29, 0.717) is 12.5 Å². The molecule has 21 heavy (non-hydrogen) atoms. The van der Waals surface area contributed by atoms with Crippen LogP contribution in [0.3, 0.4) is 0 Å². The number of hydrogen-bond acceptors (Lipinski definition) is 3. The molecule has 1 amide bonds. The van der Waals surface area contributed by atoms with Crippen LogP contribution in [0.1, 0.15) is 36.4 Å². The molecule has 1 fully saturated rings. The first kappa shape index (κ1) is 18.0. The predicted octanol–water partition coefficient (Wildman–Crippen LogP) is 2.35. The van der Waals surface area contributed by atoms with Crippen molar-refractivity contribution in [3.8, 4) is 0 Å². The Balaban J connectivity index is 0.00000220. The van der Waals surface area contributed by atoms with Crippen LogP contribution in [0.2, 0.25) is 0 Å². The minimum atomic E-state index is -0.578. The second-order valence-corrected chi connectivity index (χ2v) is 5.52. The Labute approximate surface area is 132 Å². The van der Waals surface area contributed by atoms with Gasteiger partial charge in [-0.3, -0.25) is 4.79 Å². The summed E-state index contributed by atoms with van der Waals surface area (Å²) < 4.78 is 5.33. The van der Waals surface area contributed by atoms with Gasteiger partial charge in [0.1, 0.15) is 6.04 Å². The third kappa shape index (κ3) is 5.65. The molecule has 1 aliphatic heterocycles. The second-order valence-electron chi connectivity index (χ2n) is 5.52. The number of aryl methyl sites for hydroxylation is 1. The molecule has 0 aliphatic carbocycles. The monoisotopic (exact) mass is 312 g/mol. The number of rotatable bonds is 5. The number of carbonyl (C=O) groups is 1. The summed E-state index contributed by atoms with van der Waals surface area (Å²) in [5.74, 6) is 0.570. The smallest absolute Gasteiger partial charge is 0.241 e. The summed E-state index contributed by atoms with van der Waals surface area (Å²) in [6, 6.07) is 7.20. The summed E-state index contributed by atoms with van der Waals surface area (Å²) >= 11 is 0. The van der Waals surface area contributed by atoms with Gasteiger partial charge in [0.05, 0.1) is 0 Å². The molecule has 1 aromatic rings. The van der Waals surface area contributed by atoms with Crippen LogP contribution in [-0.2, 0) is 9.53 Å². The summed E-state index contributed by atoms with van der Waals surface area (Å²) in [5, 5.41) is 2.94. The van der Waals surface area contributed by atoms with E-state index < -0.39 is 6.04 Å². The van der Waals surface area contributed by atoms with E-state index >= 15 is 0 Å². The molecule has 0 aromatic heterocycles. The van der Waals surface area contributed by atoms with E-state index in [-0.39, 0.29) is 18.3 Å². The third-order valence-electron chi connectivity index (χ3n) is 3.91. The molecular formula is C16H25ClN2O2. The Morgan fingerprint density at radius 3 is 2.57 bits per heavy atom. The minimum Gasteiger partial charge on any atom is -0.381 e. The summed E-state index contributed by atoms with van der Waals surface area (Å²) in [5.41, 5.74) is 8.00. The molecule has 1 saturated heterocycles. The van der Waals surface area contributed by atoms with Gasteiger partial charge in [0.2, 0.25) is 5.91 Å². The standard InChI is InChI=1S/C16H24N2O2.ClH/c1-12-2-4-14(5-3-12)15(17)16(19)18-9-6-13-7-10-20-11-8-13;/h2-5,13,15H,6-11,17H2,1H3,(H,18,19);1H. The molecule has 118 valence electrons. The molecule has 0 spiro atoms. The number of nitrogens with two attached hydrogens (primary N) is 1. The topological polar surface area (TPSA) is 64.4 Å². The SMILES string of the molecule is Cc1ccc(C(N)C(=O)NCCC2CCOCC2)cc1.Cl. The van der Waals surface area contributed by atoms with Crippen LogP contribution in [0.4, 0.5) is 0 Å². The van der Waals surface area contributed by atoms with E-state index in [0.717, 1.165) is 38.0 Å². The Hall–Kier alpha value is -1.10. The van der Waals surface area contributed by atoms with E-state index in [2.05, 4.69) is 5.32 Å². The van der Waals surface area contributed by atoms with E-state index in [1.54, 1.807) is 0 Å². The zero-order valence-electron chi connectivity index (χ0n) is 12.5. The summed E-state index contributed by atoms with van der Waals surface area (Å²) in [6.07, 6.45) is 3.20. The van der Waals surface area contributed by atoms with Crippen molar-refractivity contribution < 1.29 is 9.53 Å². The van der Waals surface area contributed by atoms with Crippen LogP contribution < -0.4 is 11.1 Å². The number of ether oxygens (including phenoxy) is 1. The highest BCUT2D eigenvalue weighted by Crippen LogP contribution is 2.18. The lowest BCUT2D eigenvalue weighted by molar-refractivity contribution is -0.122. The average Bonchev–Trinajstić information content (AvgIpc) is 2.48. The maximum absolute atomic E-state index is 12.0. The number of hydrogen-bond donors (Lipinski definition) is 2. The molecule has 3 N–H and O–H groups in total. The maximum Gasteiger partial charge on any atom is 0.241 e. The predicted molar refractivity (Wildman–Crippen MR) is 86.5 cm³/mol. The van der Waals surface area contributed by atoms with Gasteiger partial charge in [-0.15, -0.1) is 12.4 Å². The van der Waals surface area contributed by atoms with Crippen LogP contribution in [-0.4, -0.2) is 25.7 Å². The fourth-order valence-electron chi connectivity index (χ4n) is 2.47. The van der Waals surface area contributed by atoms with Crippen molar-refractivity contribution in [2.75, 3.05) is 19.8 Å². The molecule has 1 aliphatic rings. The van der Waals surface area contributed by atoms with Gasteiger partial charge in [0, 0.05) is 19.8 Å². The summed E-state index contributed by atoms with van der Waals surface area (Å²) in [7, 11) is 0. The largest absolute Gasteiger partial charge is 0.381 e. The van der Waals surface area contributed by atoms with E-state index in [9.17, 15) is 4.79 Å². The highest BCUT2D eigenvalue weighted by atomic mass is 35.5. The molecule has 0 saturated carbocycles. The number of benzene rings is 1. The summed E-state index contributed by atoms with van der Waals surface area (Å²) in [4.78, 5) is 12.0. The highest BCUT2D eigenvalue weighted by Gasteiger charge is 2.17. The molecule has 0 bridgehead atoms. The van der Waals surface area contributed by atoms with Crippen molar-refractivity contribution in [3.05, 3.63) is 35.4 Å². The lowest BCUT2D eigenvalue weighted by Gasteiger charge is -2.22. The van der Waals surface area contributed by atoms with Gasteiger partial charge < -0.3 is 15.8 Å². The molecule has 0 radical (unpaired) electrons. The number of amides is 1. The van der Waals surface area contributed by atoms with Gasteiger partial charge in [0.15, 0.2) is 0 Å². The molecule has 1 unspecified atom stereocenters. The number of halogens is 1. The van der Waals surface area contributed by atoms with Crippen molar-refractivity contribution in [3.63, 3.8) is 0 Å². The Morgan fingerprint density at radius 2 is 1.95 bits per heavy atom. The normalized spacial score (nSPS) is 16.9. The fourth-order valence-corrected chi connectivity index (χ4v) is 2.47. The van der Waals surface area contributed by atoms with Crippen molar-refractivity contribution in [2.24, 2.45) is 11.7 Å². The van der Waals surface area contributed by atoms with Crippen LogP contribution in [0.25, 0.3) is 0 Å². The Morgan fingerprint density at radius 1 is 1.33 bits per heavy atom. The van der Waals surface area contributed by atoms with E-state index in [1.165, 1.54) is 5.56 Å². The van der Waals surface area contributed by atoms with Crippen molar-refractivity contribution in [1.82, 2.24) is 5.32 Å². The first-order valence-electron chi connectivity index (χ1n) is 7.34. The molecule has 5 heteroatoms. The third-order valence-corrected chi connectivity index (χ3v) is 3.91. The van der Waals surface area contributed by atoms with Crippen molar-refractivity contribution >= 4 is 18.3 Å². The maximum atomic E-state index is 12.0. The average molecular weight is 313 g/mol. The van der Waals surface area contributed by atoms with Gasteiger partial charge >= 0.3 is 0 Å². The first-order chi connectivity index (χ1) is 9.66. The van der Waals surface area contributed by atoms with Crippen LogP contribution >= 0.6 is 12.4 Å². The zero-order valence-corrected chi connectivity index (χ0v) is 13.3. The van der Waals surface area contributed by atoms with E-state index in [4.69, 9.17) is 10.5 Å². The molecule has 1 heterocycles. The Kier molecular flexibility index (Phi) is 7.72. The van der Waals surface area contributed by atoms with Gasteiger partial charge in [0.25, 0.3) is 0 Å².